The predicted molar refractivity (Wildman–Crippen MR) is 95.9 cm³/mol. The Morgan fingerprint density at radius 1 is 1.21 bits per heavy atom. The van der Waals surface area contributed by atoms with Crippen LogP contribution >= 0.6 is 0 Å². The Morgan fingerprint density at radius 2 is 1.96 bits per heavy atom. The maximum atomic E-state index is 12.4. The van der Waals surface area contributed by atoms with Crippen LogP contribution in [0.5, 0.6) is 0 Å². The molecule has 3 aromatic rings. The lowest BCUT2D eigenvalue weighted by Crippen LogP contribution is -2.20. The second-order valence-electron chi connectivity index (χ2n) is 7.21. The highest BCUT2D eigenvalue weighted by Crippen LogP contribution is 2.33. The van der Waals surface area contributed by atoms with Gasteiger partial charge in [0.25, 0.3) is 0 Å². The van der Waals surface area contributed by atoms with E-state index in [-0.39, 0.29) is 11.3 Å². The molecular weight excluding hydrogens is 300 g/mol. The fourth-order valence-electron chi connectivity index (χ4n) is 2.73. The molecule has 0 aliphatic heterocycles. The van der Waals surface area contributed by atoms with Gasteiger partial charge in [-0.1, -0.05) is 45.0 Å². The number of aromatic nitrogens is 3. The smallest absolute Gasteiger partial charge is 0.226 e. The molecule has 0 saturated carbocycles. The molecule has 0 aliphatic carbocycles. The molecule has 3 rings (SSSR count). The zero-order valence-electron chi connectivity index (χ0n) is 14.5. The van der Waals surface area contributed by atoms with E-state index in [9.17, 15) is 4.79 Å². The lowest BCUT2D eigenvalue weighted by molar-refractivity contribution is -0.117. The lowest BCUT2D eigenvalue weighted by atomic mass is 9.92. The van der Waals surface area contributed by atoms with Gasteiger partial charge in [0.2, 0.25) is 5.91 Å². The van der Waals surface area contributed by atoms with Crippen molar-refractivity contribution in [2.45, 2.75) is 34.1 Å². The molecule has 124 valence electrons. The highest BCUT2D eigenvalue weighted by molar-refractivity contribution is 5.98. The van der Waals surface area contributed by atoms with Gasteiger partial charge in [-0.05, 0) is 29.5 Å². The van der Waals surface area contributed by atoms with Crippen LogP contribution in [0.4, 0.5) is 5.82 Å². The van der Waals surface area contributed by atoms with Crippen molar-refractivity contribution in [3.05, 3.63) is 48.3 Å². The highest BCUT2D eigenvalue weighted by Gasteiger charge is 2.21. The molecule has 2 heterocycles. The van der Waals surface area contributed by atoms with Gasteiger partial charge in [0.1, 0.15) is 0 Å². The molecule has 1 aromatic carbocycles. The number of rotatable bonds is 3. The maximum Gasteiger partial charge on any atom is 0.226 e. The topological polar surface area (TPSA) is 59.3 Å². The fourth-order valence-corrected chi connectivity index (χ4v) is 2.73. The van der Waals surface area contributed by atoms with Gasteiger partial charge >= 0.3 is 0 Å². The molecule has 24 heavy (non-hydrogen) atoms. The van der Waals surface area contributed by atoms with Gasteiger partial charge < -0.3 is 5.32 Å². The number of nitrogens with one attached hydrogen (secondary N) is 1. The first-order valence-electron chi connectivity index (χ1n) is 8.04. The standard InChI is InChI=1S/C19H22N4O/c1-13-8-5-6-9-14(13)16-17(21-15(24)12-19(2,3)4)22-23-11-7-10-20-18(16)23/h5-11H,12H2,1-4H3,(H,21,22,24). The van der Waals surface area contributed by atoms with Crippen molar-refractivity contribution in [1.29, 1.82) is 0 Å². The van der Waals surface area contributed by atoms with Crippen LogP contribution < -0.4 is 5.32 Å². The molecule has 0 spiro atoms. The number of amides is 1. The van der Waals surface area contributed by atoms with Crippen LogP contribution in [0.15, 0.2) is 42.7 Å². The van der Waals surface area contributed by atoms with E-state index in [1.807, 2.05) is 64.2 Å². The van der Waals surface area contributed by atoms with Gasteiger partial charge in [-0.15, -0.1) is 5.10 Å². The van der Waals surface area contributed by atoms with Crippen LogP contribution in [-0.4, -0.2) is 20.5 Å². The minimum Gasteiger partial charge on any atom is -0.309 e. The second kappa shape index (κ2) is 6.07. The van der Waals surface area contributed by atoms with Crippen molar-refractivity contribution in [1.82, 2.24) is 14.6 Å². The number of anilines is 1. The Morgan fingerprint density at radius 3 is 2.67 bits per heavy atom. The Hall–Kier alpha value is -2.69. The normalized spacial score (nSPS) is 11.7. The Bertz CT molecular complexity index is 890. The first kappa shape index (κ1) is 16.2. The van der Waals surface area contributed by atoms with Gasteiger partial charge in [0.15, 0.2) is 11.5 Å². The number of benzene rings is 1. The van der Waals surface area contributed by atoms with E-state index in [0.29, 0.717) is 12.2 Å². The quantitative estimate of drug-likeness (QED) is 0.790. The minimum absolute atomic E-state index is 0.0410. The predicted octanol–water partition coefficient (Wildman–Crippen LogP) is 4.08. The van der Waals surface area contributed by atoms with Crippen molar-refractivity contribution in [3.8, 4) is 11.1 Å². The van der Waals surface area contributed by atoms with Crippen LogP contribution in [-0.2, 0) is 4.79 Å². The highest BCUT2D eigenvalue weighted by atomic mass is 16.1. The Balaban J connectivity index is 2.10. The van der Waals surface area contributed by atoms with E-state index in [0.717, 1.165) is 22.3 Å². The minimum atomic E-state index is -0.0790. The van der Waals surface area contributed by atoms with Crippen molar-refractivity contribution in [2.75, 3.05) is 5.32 Å². The number of aryl methyl sites for hydroxylation is 1. The summed E-state index contributed by atoms with van der Waals surface area (Å²) >= 11 is 0. The monoisotopic (exact) mass is 322 g/mol. The average Bonchev–Trinajstić information content (AvgIpc) is 2.83. The number of carbonyl (C=O) groups is 1. The summed E-state index contributed by atoms with van der Waals surface area (Å²) in [6, 6.07) is 9.87. The molecule has 0 unspecified atom stereocenters. The number of carbonyl (C=O) groups excluding carboxylic acids is 1. The Labute approximate surface area is 141 Å². The second-order valence-corrected chi connectivity index (χ2v) is 7.21. The number of fused-ring (bicyclic) bond motifs is 1. The van der Waals surface area contributed by atoms with Gasteiger partial charge in [-0.2, -0.15) is 0 Å². The van der Waals surface area contributed by atoms with Gasteiger partial charge in [0, 0.05) is 18.8 Å². The molecule has 0 saturated heterocycles. The van der Waals surface area contributed by atoms with Gasteiger partial charge in [-0.3, -0.25) is 4.79 Å². The van der Waals surface area contributed by atoms with E-state index >= 15 is 0 Å². The van der Waals surface area contributed by atoms with Crippen LogP contribution in [0.3, 0.4) is 0 Å². The third kappa shape index (κ3) is 3.30. The van der Waals surface area contributed by atoms with Crippen LogP contribution in [0, 0.1) is 12.3 Å². The zero-order valence-corrected chi connectivity index (χ0v) is 14.5. The summed E-state index contributed by atoms with van der Waals surface area (Å²) in [7, 11) is 0. The van der Waals surface area contributed by atoms with E-state index in [2.05, 4.69) is 15.4 Å². The van der Waals surface area contributed by atoms with Gasteiger partial charge in [0.05, 0.1) is 5.56 Å². The van der Waals surface area contributed by atoms with Crippen LogP contribution in [0.25, 0.3) is 16.8 Å². The molecule has 0 fully saturated rings. The maximum absolute atomic E-state index is 12.4. The SMILES string of the molecule is Cc1ccccc1-c1c(NC(=O)CC(C)(C)C)nn2cccnc12. The number of nitrogens with zero attached hydrogens (tertiary/aromatic N) is 3. The molecule has 0 atom stereocenters. The summed E-state index contributed by atoms with van der Waals surface area (Å²) in [5, 5.41) is 7.49. The summed E-state index contributed by atoms with van der Waals surface area (Å²) in [6.07, 6.45) is 4.00. The van der Waals surface area contributed by atoms with E-state index in [1.54, 1.807) is 10.7 Å². The molecule has 5 heteroatoms. The Kier molecular flexibility index (Phi) is 4.09. The first-order chi connectivity index (χ1) is 11.3. The van der Waals surface area contributed by atoms with E-state index < -0.39 is 0 Å². The van der Waals surface area contributed by atoms with Gasteiger partial charge in [-0.25, -0.2) is 9.50 Å². The summed E-state index contributed by atoms with van der Waals surface area (Å²) < 4.78 is 1.70. The number of hydrogen-bond donors (Lipinski definition) is 1. The van der Waals surface area contributed by atoms with E-state index in [4.69, 9.17) is 0 Å². The third-order valence-corrected chi connectivity index (χ3v) is 3.76. The van der Waals surface area contributed by atoms with Crippen molar-refractivity contribution in [3.63, 3.8) is 0 Å². The average molecular weight is 322 g/mol. The number of hydrogen-bond acceptors (Lipinski definition) is 3. The summed E-state index contributed by atoms with van der Waals surface area (Å²) in [4.78, 5) is 16.8. The first-order valence-corrected chi connectivity index (χ1v) is 8.04. The molecule has 0 bridgehead atoms. The molecule has 2 aromatic heterocycles. The van der Waals surface area contributed by atoms with Crippen molar-refractivity contribution in [2.24, 2.45) is 5.41 Å². The van der Waals surface area contributed by atoms with Crippen molar-refractivity contribution < 1.29 is 4.79 Å². The molecule has 5 nitrogen and oxygen atoms in total. The fraction of sp³-hybridized carbons (Fsp3) is 0.316. The molecule has 1 amide bonds. The molecular formula is C19H22N4O. The van der Waals surface area contributed by atoms with Crippen molar-refractivity contribution >= 4 is 17.4 Å². The van der Waals surface area contributed by atoms with Crippen LogP contribution in [0.2, 0.25) is 0 Å². The summed E-state index contributed by atoms with van der Waals surface area (Å²) in [6.45, 7) is 8.17. The zero-order chi connectivity index (χ0) is 17.3. The summed E-state index contributed by atoms with van der Waals surface area (Å²) in [5.41, 5.74) is 3.65. The molecule has 0 radical (unpaired) electrons. The largest absolute Gasteiger partial charge is 0.309 e. The summed E-state index contributed by atoms with van der Waals surface area (Å²) in [5.74, 6) is 0.512. The van der Waals surface area contributed by atoms with Crippen LogP contribution in [0.1, 0.15) is 32.8 Å². The molecule has 0 aliphatic rings. The third-order valence-electron chi connectivity index (χ3n) is 3.76. The van der Waals surface area contributed by atoms with E-state index in [1.165, 1.54) is 0 Å². The lowest BCUT2D eigenvalue weighted by Gasteiger charge is -2.17. The molecule has 1 N–H and O–H groups in total.